The Morgan fingerprint density at radius 3 is 2.72 bits per heavy atom. The SMILES string of the molecule is Cc1c(Br)ccc2nc(NC(=O)C(F)(F)F)nn12. The van der Waals surface area contributed by atoms with Crippen LogP contribution in [0.5, 0.6) is 0 Å². The number of fused-ring (bicyclic) bond motifs is 1. The molecule has 2 rings (SSSR count). The third kappa shape index (κ3) is 2.30. The lowest BCUT2D eigenvalue weighted by atomic mass is 10.4. The maximum absolute atomic E-state index is 12.1. The number of alkyl halides is 3. The molecule has 0 bridgehead atoms. The van der Waals surface area contributed by atoms with Gasteiger partial charge in [-0.1, -0.05) is 0 Å². The van der Waals surface area contributed by atoms with Gasteiger partial charge in [0, 0.05) is 4.47 Å². The van der Waals surface area contributed by atoms with Crippen LogP contribution in [0.2, 0.25) is 0 Å². The number of nitrogens with one attached hydrogen (secondary N) is 1. The standard InChI is InChI=1S/C9H6BrF3N4O/c1-4-5(10)2-3-6-14-8(16-17(4)6)15-7(18)9(11,12)13/h2-3H,1H3,(H,15,16,18). The van der Waals surface area contributed by atoms with Gasteiger partial charge in [-0.15, -0.1) is 5.10 Å². The molecule has 0 radical (unpaired) electrons. The minimum Gasteiger partial charge on any atom is -0.285 e. The number of amides is 1. The Labute approximate surface area is 107 Å². The highest BCUT2D eigenvalue weighted by molar-refractivity contribution is 9.10. The van der Waals surface area contributed by atoms with Gasteiger partial charge in [0.25, 0.3) is 0 Å². The average molecular weight is 323 g/mol. The molecular weight excluding hydrogens is 317 g/mol. The van der Waals surface area contributed by atoms with Crippen molar-refractivity contribution < 1.29 is 18.0 Å². The van der Waals surface area contributed by atoms with Crippen molar-refractivity contribution in [3.63, 3.8) is 0 Å². The molecule has 0 atom stereocenters. The third-order valence-corrected chi connectivity index (χ3v) is 3.00. The van der Waals surface area contributed by atoms with Gasteiger partial charge in [-0.05, 0) is 35.0 Å². The van der Waals surface area contributed by atoms with Gasteiger partial charge in [-0.2, -0.15) is 18.2 Å². The Hall–Kier alpha value is -1.64. The predicted octanol–water partition coefficient (Wildman–Crippen LogP) is 2.30. The summed E-state index contributed by atoms with van der Waals surface area (Å²) in [5.74, 6) is -2.49. The quantitative estimate of drug-likeness (QED) is 0.876. The Balaban J connectivity index is 2.37. The molecule has 2 heterocycles. The van der Waals surface area contributed by atoms with Crippen molar-refractivity contribution in [2.24, 2.45) is 0 Å². The maximum atomic E-state index is 12.1. The van der Waals surface area contributed by atoms with Crippen LogP contribution in [0.4, 0.5) is 19.1 Å². The number of aromatic nitrogens is 3. The fourth-order valence-corrected chi connectivity index (χ4v) is 1.57. The summed E-state index contributed by atoms with van der Waals surface area (Å²) in [7, 11) is 0. The summed E-state index contributed by atoms with van der Waals surface area (Å²) in [6.45, 7) is 1.71. The Morgan fingerprint density at radius 2 is 2.11 bits per heavy atom. The van der Waals surface area contributed by atoms with E-state index in [4.69, 9.17) is 0 Å². The van der Waals surface area contributed by atoms with Crippen molar-refractivity contribution in [3.8, 4) is 0 Å². The number of rotatable bonds is 1. The first-order valence-electron chi connectivity index (χ1n) is 4.69. The minimum atomic E-state index is -4.97. The number of anilines is 1. The topological polar surface area (TPSA) is 59.3 Å². The molecule has 0 aromatic carbocycles. The average Bonchev–Trinajstić information content (AvgIpc) is 2.66. The zero-order chi connectivity index (χ0) is 13.5. The molecule has 5 nitrogen and oxygen atoms in total. The minimum absolute atomic E-state index is 0.341. The summed E-state index contributed by atoms with van der Waals surface area (Å²) >= 11 is 3.25. The molecule has 1 amide bonds. The largest absolute Gasteiger partial charge is 0.471 e. The summed E-state index contributed by atoms with van der Waals surface area (Å²) in [5.41, 5.74) is 1.00. The van der Waals surface area contributed by atoms with Gasteiger partial charge in [0.15, 0.2) is 5.65 Å². The molecule has 0 aliphatic rings. The fraction of sp³-hybridized carbons (Fsp3) is 0.222. The number of hydrogen-bond donors (Lipinski definition) is 1. The number of halogens is 4. The van der Waals surface area contributed by atoms with Crippen molar-refractivity contribution >= 4 is 33.4 Å². The van der Waals surface area contributed by atoms with E-state index >= 15 is 0 Å². The van der Waals surface area contributed by atoms with Crippen LogP contribution in [0.25, 0.3) is 5.65 Å². The second kappa shape index (κ2) is 4.23. The molecular formula is C9H6BrF3N4O. The van der Waals surface area contributed by atoms with Crippen molar-refractivity contribution in [1.82, 2.24) is 14.6 Å². The highest BCUT2D eigenvalue weighted by Crippen LogP contribution is 2.20. The number of pyridine rings is 1. The Kier molecular flexibility index (Phi) is 3.01. The second-order valence-corrected chi connectivity index (χ2v) is 4.28. The molecule has 18 heavy (non-hydrogen) atoms. The van der Waals surface area contributed by atoms with E-state index in [1.165, 1.54) is 4.52 Å². The Morgan fingerprint density at radius 1 is 1.44 bits per heavy atom. The van der Waals surface area contributed by atoms with Gasteiger partial charge in [0.05, 0.1) is 5.69 Å². The van der Waals surface area contributed by atoms with E-state index in [1.807, 2.05) is 0 Å². The molecule has 0 fully saturated rings. The predicted molar refractivity (Wildman–Crippen MR) is 60.1 cm³/mol. The van der Waals surface area contributed by atoms with Crippen molar-refractivity contribution in [2.75, 3.05) is 5.32 Å². The van der Waals surface area contributed by atoms with E-state index in [2.05, 4.69) is 26.0 Å². The zero-order valence-electron chi connectivity index (χ0n) is 8.92. The molecule has 2 aromatic rings. The van der Waals surface area contributed by atoms with Crippen LogP contribution in [-0.4, -0.2) is 26.7 Å². The number of carbonyl (C=O) groups excluding carboxylic acids is 1. The summed E-state index contributed by atoms with van der Waals surface area (Å²) < 4.78 is 38.2. The Bertz CT molecular complexity index is 622. The lowest BCUT2D eigenvalue weighted by Crippen LogP contribution is -2.30. The van der Waals surface area contributed by atoms with Crippen LogP contribution >= 0.6 is 15.9 Å². The van der Waals surface area contributed by atoms with Gasteiger partial charge in [-0.3, -0.25) is 10.1 Å². The van der Waals surface area contributed by atoms with Gasteiger partial charge < -0.3 is 0 Å². The lowest BCUT2D eigenvalue weighted by molar-refractivity contribution is -0.167. The molecule has 0 spiro atoms. The van der Waals surface area contributed by atoms with E-state index in [-0.39, 0.29) is 0 Å². The molecule has 0 aliphatic heterocycles. The third-order valence-electron chi connectivity index (χ3n) is 2.16. The molecule has 2 aromatic heterocycles. The van der Waals surface area contributed by atoms with Crippen LogP contribution in [0.1, 0.15) is 5.69 Å². The van der Waals surface area contributed by atoms with E-state index in [0.717, 1.165) is 4.47 Å². The molecule has 1 N–H and O–H groups in total. The summed E-state index contributed by atoms with van der Waals surface area (Å²) in [6.07, 6.45) is -4.97. The number of nitrogens with zero attached hydrogens (tertiary/aromatic N) is 3. The van der Waals surface area contributed by atoms with Crippen LogP contribution in [0, 0.1) is 6.92 Å². The number of aryl methyl sites for hydroxylation is 1. The van der Waals surface area contributed by atoms with Crippen molar-refractivity contribution in [2.45, 2.75) is 13.1 Å². The molecule has 0 saturated carbocycles. The van der Waals surface area contributed by atoms with Gasteiger partial charge in [0.2, 0.25) is 5.95 Å². The first-order chi connectivity index (χ1) is 8.29. The van der Waals surface area contributed by atoms with Gasteiger partial charge >= 0.3 is 12.1 Å². The fourth-order valence-electron chi connectivity index (χ4n) is 1.27. The molecule has 0 saturated heterocycles. The highest BCUT2D eigenvalue weighted by Gasteiger charge is 2.39. The number of carbonyl (C=O) groups is 1. The monoisotopic (exact) mass is 322 g/mol. The zero-order valence-corrected chi connectivity index (χ0v) is 10.5. The van der Waals surface area contributed by atoms with E-state index in [1.54, 1.807) is 24.4 Å². The summed E-state index contributed by atoms with van der Waals surface area (Å²) in [6, 6.07) is 3.25. The molecule has 96 valence electrons. The van der Waals surface area contributed by atoms with E-state index < -0.39 is 18.0 Å². The molecule has 0 aliphatic carbocycles. The van der Waals surface area contributed by atoms with Crippen molar-refractivity contribution in [3.05, 3.63) is 22.3 Å². The van der Waals surface area contributed by atoms with Crippen LogP contribution < -0.4 is 5.32 Å². The van der Waals surface area contributed by atoms with E-state index in [9.17, 15) is 18.0 Å². The summed E-state index contributed by atoms with van der Waals surface area (Å²) in [5, 5.41) is 5.37. The van der Waals surface area contributed by atoms with Gasteiger partial charge in [0.1, 0.15) is 0 Å². The maximum Gasteiger partial charge on any atom is 0.471 e. The highest BCUT2D eigenvalue weighted by atomic mass is 79.9. The first kappa shape index (κ1) is 12.8. The first-order valence-corrected chi connectivity index (χ1v) is 5.48. The van der Waals surface area contributed by atoms with Crippen LogP contribution in [0.15, 0.2) is 16.6 Å². The van der Waals surface area contributed by atoms with Crippen LogP contribution in [0.3, 0.4) is 0 Å². The molecule has 9 heteroatoms. The molecule has 0 unspecified atom stereocenters. The normalized spacial score (nSPS) is 11.8. The van der Waals surface area contributed by atoms with E-state index in [0.29, 0.717) is 11.3 Å². The lowest BCUT2D eigenvalue weighted by Gasteiger charge is -2.03. The van der Waals surface area contributed by atoms with Crippen molar-refractivity contribution in [1.29, 1.82) is 0 Å². The second-order valence-electron chi connectivity index (χ2n) is 3.42. The van der Waals surface area contributed by atoms with Crippen LogP contribution in [-0.2, 0) is 4.79 Å². The summed E-state index contributed by atoms with van der Waals surface area (Å²) in [4.78, 5) is 14.5. The number of hydrogen-bond acceptors (Lipinski definition) is 3. The van der Waals surface area contributed by atoms with Gasteiger partial charge in [-0.25, -0.2) is 4.52 Å². The smallest absolute Gasteiger partial charge is 0.285 e.